The van der Waals surface area contributed by atoms with E-state index in [4.69, 9.17) is 13.6 Å². The van der Waals surface area contributed by atoms with Crippen LogP contribution in [-0.2, 0) is 16.1 Å². The van der Waals surface area contributed by atoms with Gasteiger partial charge in [0.25, 0.3) is 5.91 Å². The number of hydrazone groups is 1. The number of rotatable bonds is 8. The molecule has 0 radical (unpaired) electrons. The smallest absolute Gasteiger partial charge is 0.257 e. The molecule has 1 amide bonds. The van der Waals surface area contributed by atoms with Crippen LogP contribution in [0, 0.1) is 0 Å². The van der Waals surface area contributed by atoms with Crippen molar-refractivity contribution in [2.75, 3.05) is 19.7 Å². The Morgan fingerprint density at radius 2 is 2.10 bits per heavy atom. The molecule has 1 fully saturated rings. The zero-order valence-electron chi connectivity index (χ0n) is 17.2. The van der Waals surface area contributed by atoms with Crippen molar-refractivity contribution < 1.29 is 18.4 Å². The average molecular weight is 440 g/mol. The highest BCUT2D eigenvalue weighted by Gasteiger charge is 2.36. The predicted octanol–water partition coefficient (Wildman–Crippen LogP) is 4.29. The molecule has 0 aliphatic carbocycles. The molecule has 31 heavy (non-hydrogen) atoms. The average Bonchev–Trinajstić information content (AvgIpc) is 3.59. The standard InChI is InChI=1S/C23H25N3O4S/c27-23(16-25(14-17-5-1-9-28-17)15-18-6-4-12-31-18)26-20(22-8-3-11-30-22)13-19(24-26)21-7-2-10-29-21/h2-4,6-8,10-12,17,20H,1,5,9,13-16H2. The highest BCUT2D eigenvalue weighted by atomic mass is 32.1. The number of furan rings is 2. The molecule has 5 rings (SSSR count). The fourth-order valence-electron chi connectivity index (χ4n) is 4.18. The molecule has 0 spiro atoms. The molecular weight excluding hydrogens is 414 g/mol. The maximum Gasteiger partial charge on any atom is 0.257 e. The Balaban J connectivity index is 1.35. The lowest BCUT2D eigenvalue weighted by Gasteiger charge is -2.27. The third-order valence-corrected chi connectivity index (χ3v) is 6.51. The Hall–Kier alpha value is -2.68. The fourth-order valence-corrected chi connectivity index (χ4v) is 4.93. The summed E-state index contributed by atoms with van der Waals surface area (Å²) in [6, 6.07) is 11.3. The molecule has 2 unspecified atom stereocenters. The van der Waals surface area contributed by atoms with E-state index >= 15 is 0 Å². The number of carbonyl (C=O) groups excluding carboxylic acids is 1. The van der Waals surface area contributed by atoms with Crippen LogP contribution in [0.25, 0.3) is 0 Å². The molecule has 1 saturated heterocycles. The Morgan fingerprint density at radius 3 is 2.81 bits per heavy atom. The van der Waals surface area contributed by atoms with Gasteiger partial charge in [0.05, 0.1) is 25.2 Å². The fraction of sp³-hybridized carbons (Fsp3) is 0.391. The first kappa shape index (κ1) is 20.2. The van der Waals surface area contributed by atoms with Crippen LogP contribution in [0.15, 0.2) is 68.2 Å². The van der Waals surface area contributed by atoms with Crippen LogP contribution in [0.5, 0.6) is 0 Å². The molecule has 0 N–H and O–H groups in total. The zero-order valence-corrected chi connectivity index (χ0v) is 18.0. The van der Waals surface area contributed by atoms with Crippen molar-refractivity contribution in [3.8, 4) is 0 Å². The van der Waals surface area contributed by atoms with Gasteiger partial charge in [0.15, 0.2) is 0 Å². The molecule has 0 bridgehead atoms. The second kappa shape index (κ2) is 9.21. The second-order valence-corrected chi connectivity index (χ2v) is 8.91. The molecule has 8 heteroatoms. The highest BCUT2D eigenvalue weighted by molar-refractivity contribution is 7.09. The van der Waals surface area contributed by atoms with Gasteiger partial charge in [0, 0.05) is 31.0 Å². The van der Waals surface area contributed by atoms with E-state index in [2.05, 4.69) is 21.4 Å². The summed E-state index contributed by atoms with van der Waals surface area (Å²) in [5.74, 6) is 1.35. The SMILES string of the molecule is O=C(CN(Cc1cccs1)CC1CCCO1)N1N=C(c2ccco2)CC1c1ccco1. The third-order valence-electron chi connectivity index (χ3n) is 5.65. The number of ether oxygens (including phenoxy) is 1. The van der Waals surface area contributed by atoms with Gasteiger partial charge in [-0.15, -0.1) is 11.3 Å². The van der Waals surface area contributed by atoms with Gasteiger partial charge in [-0.3, -0.25) is 9.69 Å². The molecule has 0 saturated carbocycles. The van der Waals surface area contributed by atoms with E-state index in [0.717, 1.165) is 44.0 Å². The van der Waals surface area contributed by atoms with Crippen molar-refractivity contribution in [3.05, 3.63) is 70.7 Å². The van der Waals surface area contributed by atoms with E-state index in [1.165, 1.54) is 4.88 Å². The largest absolute Gasteiger partial charge is 0.467 e. The zero-order chi connectivity index (χ0) is 21.0. The first-order chi connectivity index (χ1) is 15.3. The van der Waals surface area contributed by atoms with Gasteiger partial charge in [-0.2, -0.15) is 5.10 Å². The van der Waals surface area contributed by atoms with Crippen LogP contribution in [-0.4, -0.2) is 47.3 Å². The lowest BCUT2D eigenvalue weighted by atomic mass is 10.1. The van der Waals surface area contributed by atoms with E-state index in [-0.39, 0.29) is 24.6 Å². The first-order valence-electron chi connectivity index (χ1n) is 10.6. The van der Waals surface area contributed by atoms with Crippen molar-refractivity contribution in [2.45, 2.75) is 38.0 Å². The molecule has 3 aromatic rings. The molecule has 7 nitrogen and oxygen atoms in total. The number of thiophene rings is 1. The minimum Gasteiger partial charge on any atom is -0.467 e. The van der Waals surface area contributed by atoms with E-state index in [9.17, 15) is 4.79 Å². The van der Waals surface area contributed by atoms with E-state index in [1.807, 2.05) is 30.3 Å². The topological polar surface area (TPSA) is 71.4 Å². The van der Waals surface area contributed by atoms with Crippen LogP contribution in [0.1, 0.15) is 41.7 Å². The summed E-state index contributed by atoms with van der Waals surface area (Å²) in [5.41, 5.74) is 0.753. The van der Waals surface area contributed by atoms with E-state index in [0.29, 0.717) is 12.2 Å². The van der Waals surface area contributed by atoms with Gasteiger partial charge in [0.1, 0.15) is 23.3 Å². The minimum absolute atomic E-state index is 0.0579. The summed E-state index contributed by atoms with van der Waals surface area (Å²) in [6.45, 7) is 2.52. The molecule has 2 aliphatic rings. The van der Waals surface area contributed by atoms with Crippen LogP contribution >= 0.6 is 11.3 Å². The molecule has 0 aromatic carbocycles. The lowest BCUT2D eigenvalue weighted by molar-refractivity contribution is -0.135. The number of hydrogen-bond acceptors (Lipinski definition) is 7. The van der Waals surface area contributed by atoms with Crippen molar-refractivity contribution in [3.63, 3.8) is 0 Å². The highest BCUT2D eigenvalue weighted by Crippen LogP contribution is 2.33. The summed E-state index contributed by atoms with van der Waals surface area (Å²) < 4.78 is 17.0. The number of hydrogen-bond donors (Lipinski definition) is 0. The maximum atomic E-state index is 13.4. The van der Waals surface area contributed by atoms with Crippen molar-refractivity contribution >= 4 is 23.0 Å². The predicted molar refractivity (Wildman–Crippen MR) is 117 cm³/mol. The number of nitrogens with zero attached hydrogens (tertiary/aromatic N) is 3. The molecule has 2 aliphatic heterocycles. The number of amides is 1. The van der Waals surface area contributed by atoms with E-state index < -0.39 is 0 Å². The molecule has 5 heterocycles. The lowest BCUT2D eigenvalue weighted by Crippen LogP contribution is -2.40. The Bertz CT molecular complexity index is 992. The van der Waals surface area contributed by atoms with Crippen molar-refractivity contribution in [2.24, 2.45) is 5.10 Å². The summed E-state index contributed by atoms with van der Waals surface area (Å²) in [7, 11) is 0. The molecule has 162 valence electrons. The summed E-state index contributed by atoms with van der Waals surface area (Å²) in [5, 5.41) is 8.27. The van der Waals surface area contributed by atoms with Gasteiger partial charge in [-0.05, 0) is 48.6 Å². The quantitative estimate of drug-likeness (QED) is 0.524. The molecule has 2 atom stereocenters. The van der Waals surface area contributed by atoms with Gasteiger partial charge >= 0.3 is 0 Å². The van der Waals surface area contributed by atoms with Crippen LogP contribution in [0.4, 0.5) is 0 Å². The van der Waals surface area contributed by atoms with Crippen LogP contribution in [0.3, 0.4) is 0 Å². The third kappa shape index (κ3) is 4.66. The number of carbonyl (C=O) groups is 1. The van der Waals surface area contributed by atoms with Crippen LogP contribution < -0.4 is 0 Å². The Kier molecular flexibility index (Phi) is 6.01. The van der Waals surface area contributed by atoms with Gasteiger partial charge in [-0.25, -0.2) is 5.01 Å². The van der Waals surface area contributed by atoms with Crippen LogP contribution in [0.2, 0.25) is 0 Å². The van der Waals surface area contributed by atoms with Gasteiger partial charge in [0.2, 0.25) is 0 Å². The van der Waals surface area contributed by atoms with Crippen molar-refractivity contribution in [1.82, 2.24) is 9.91 Å². The van der Waals surface area contributed by atoms with Gasteiger partial charge < -0.3 is 13.6 Å². The maximum absolute atomic E-state index is 13.4. The Morgan fingerprint density at radius 1 is 1.19 bits per heavy atom. The summed E-state index contributed by atoms with van der Waals surface area (Å²) >= 11 is 1.70. The van der Waals surface area contributed by atoms with Gasteiger partial charge in [-0.1, -0.05) is 6.07 Å². The van der Waals surface area contributed by atoms with Crippen molar-refractivity contribution in [1.29, 1.82) is 0 Å². The molecule has 3 aromatic heterocycles. The monoisotopic (exact) mass is 439 g/mol. The Labute approximate surface area is 184 Å². The normalized spacial score (nSPS) is 21.2. The summed E-state index contributed by atoms with van der Waals surface area (Å²) in [4.78, 5) is 16.8. The summed E-state index contributed by atoms with van der Waals surface area (Å²) in [6.07, 6.45) is 6.10. The molecular formula is C23H25N3O4S. The minimum atomic E-state index is -0.270. The second-order valence-electron chi connectivity index (χ2n) is 7.88. The first-order valence-corrected chi connectivity index (χ1v) is 11.5. The van der Waals surface area contributed by atoms with E-state index in [1.54, 1.807) is 28.9 Å².